The average Bonchev–Trinajstić information content (AvgIpc) is 2.52. The van der Waals surface area contributed by atoms with Crippen LogP contribution in [-0.4, -0.2) is 48.7 Å². The number of hydrogen-bond donors (Lipinski definition) is 1. The van der Waals surface area contributed by atoms with Crippen molar-refractivity contribution in [3.8, 4) is 5.75 Å². The number of esters is 2. The van der Waals surface area contributed by atoms with Crippen LogP contribution in [0.3, 0.4) is 0 Å². The van der Waals surface area contributed by atoms with E-state index in [0.717, 1.165) is 0 Å². The van der Waals surface area contributed by atoms with Gasteiger partial charge in [0.1, 0.15) is 13.2 Å². The Kier molecular flexibility index (Phi) is 7.84. The highest BCUT2D eigenvalue weighted by Crippen LogP contribution is 2.21. The van der Waals surface area contributed by atoms with Crippen molar-refractivity contribution < 1.29 is 28.6 Å². The summed E-state index contributed by atoms with van der Waals surface area (Å²) in [6.45, 7) is 6.67. The van der Waals surface area contributed by atoms with Crippen LogP contribution in [0.5, 0.6) is 5.75 Å². The maximum atomic E-state index is 12.3. The number of nitrogens with zero attached hydrogens (tertiary/aromatic N) is 1. The van der Waals surface area contributed by atoms with Crippen LogP contribution in [0.1, 0.15) is 36.8 Å². The molecule has 1 N–H and O–H groups in total. The number of carbonyl (C=O) groups excluding carboxylic acids is 3. The molecule has 0 radical (unpaired) electrons. The molecule has 0 bridgehead atoms. The van der Waals surface area contributed by atoms with E-state index >= 15 is 0 Å². The van der Waals surface area contributed by atoms with Crippen molar-refractivity contribution in [2.45, 2.75) is 33.7 Å². The van der Waals surface area contributed by atoms with E-state index in [4.69, 9.17) is 14.2 Å². The van der Waals surface area contributed by atoms with Gasteiger partial charge in [-0.2, -0.15) is 0 Å². The van der Waals surface area contributed by atoms with Crippen molar-refractivity contribution in [2.75, 3.05) is 19.8 Å². The monoisotopic (exact) mass is 338 g/mol. The minimum atomic E-state index is -0.543. The minimum Gasteiger partial charge on any atom is -0.462 e. The van der Waals surface area contributed by atoms with Crippen LogP contribution in [0.2, 0.25) is 0 Å². The van der Waals surface area contributed by atoms with Gasteiger partial charge in [-0.25, -0.2) is 9.78 Å². The zero-order chi connectivity index (χ0) is 18.1. The zero-order valence-corrected chi connectivity index (χ0v) is 14.3. The normalized spacial score (nSPS) is 11.5. The second kappa shape index (κ2) is 9.61. The first-order chi connectivity index (χ1) is 11.3. The van der Waals surface area contributed by atoms with Gasteiger partial charge in [0, 0.05) is 19.7 Å². The van der Waals surface area contributed by atoms with Gasteiger partial charge in [-0.15, -0.1) is 0 Å². The molecule has 0 saturated heterocycles. The summed E-state index contributed by atoms with van der Waals surface area (Å²) in [5.41, 5.74) is 0.610. The highest BCUT2D eigenvalue weighted by Gasteiger charge is 2.20. The van der Waals surface area contributed by atoms with Gasteiger partial charge in [-0.3, -0.25) is 9.59 Å². The van der Waals surface area contributed by atoms with Gasteiger partial charge in [0.25, 0.3) is 5.91 Å². The van der Waals surface area contributed by atoms with Gasteiger partial charge in [0.2, 0.25) is 0 Å². The predicted molar refractivity (Wildman–Crippen MR) is 84.7 cm³/mol. The third kappa shape index (κ3) is 6.33. The quantitative estimate of drug-likeness (QED) is 0.706. The number of pyridine rings is 1. The van der Waals surface area contributed by atoms with E-state index < -0.39 is 23.9 Å². The van der Waals surface area contributed by atoms with Crippen LogP contribution in [0.25, 0.3) is 0 Å². The summed E-state index contributed by atoms with van der Waals surface area (Å²) >= 11 is 0. The molecule has 0 aliphatic heterocycles. The zero-order valence-electron chi connectivity index (χ0n) is 14.3. The number of aromatic nitrogens is 1. The molecule has 1 aromatic heterocycles. The van der Waals surface area contributed by atoms with E-state index in [9.17, 15) is 14.4 Å². The van der Waals surface area contributed by atoms with Crippen molar-refractivity contribution in [2.24, 2.45) is 0 Å². The maximum Gasteiger partial charge on any atom is 0.332 e. The van der Waals surface area contributed by atoms with Gasteiger partial charge in [0.15, 0.2) is 11.4 Å². The summed E-state index contributed by atoms with van der Waals surface area (Å²) in [4.78, 5) is 38.8. The number of rotatable bonds is 8. The van der Waals surface area contributed by atoms with Crippen molar-refractivity contribution in [3.63, 3.8) is 0 Å². The lowest BCUT2D eigenvalue weighted by Crippen LogP contribution is -2.37. The van der Waals surface area contributed by atoms with Crippen molar-refractivity contribution >= 4 is 17.8 Å². The molecule has 0 aliphatic carbocycles. The molecule has 132 valence electrons. The van der Waals surface area contributed by atoms with E-state index in [1.807, 2.05) is 0 Å². The first-order valence-corrected chi connectivity index (χ1v) is 7.53. The van der Waals surface area contributed by atoms with E-state index in [1.54, 1.807) is 26.8 Å². The molecule has 0 saturated carbocycles. The number of hydrogen-bond acceptors (Lipinski definition) is 7. The topological polar surface area (TPSA) is 104 Å². The number of ether oxygens (including phenoxy) is 3. The number of carbonyl (C=O) groups is 3. The molecule has 8 heteroatoms. The van der Waals surface area contributed by atoms with Gasteiger partial charge in [-0.05, 0) is 32.4 Å². The molecular weight excluding hydrogens is 316 g/mol. The molecule has 24 heavy (non-hydrogen) atoms. The molecule has 0 aromatic carbocycles. The summed E-state index contributed by atoms with van der Waals surface area (Å²) in [7, 11) is 0. The summed E-state index contributed by atoms with van der Waals surface area (Å²) in [6.07, 6.45) is 1.45. The molecule has 1 rings (SSSR count). The third-order valence-electron chi connectivity index (χ3n) is 2.86. The fourth-order valence-corrected chi connectivity index (χ4v) is 1.76. The lowest BCUT2D eigenvalue weighted by Gasteiger charge is -2.15. The predicted octanol–water partition coefficient (Wildman–Crippen LogP) is 1.01. The largest absolute Gasteiger partial charge is 0.462 e. The highest BCUT2D eigenvalue weighted by molar-refractivity contribution is 5.96. The second-order valence-corrected chi connectivity index (χ2v) is 5.09. The number of amides is 1. The Bertz CT molecular complexity index is 602. The van der Waals surface area contributed by atoms with Gasteiger partial charge in [0.05, 0.1) is 6.04 Å². The lowest BCUT2D eigenvalue weighted by atomic mass is 10.2. The SMILES string of the molecule is CCOCC(=O)OCC(C)NC(=O)c1nccc(C)c1OC(C)=O. The first kappa shape index (κ1) is 19.6. The molecule has 0 aliphatic rings. The minimum absolute atomic E-state index is 0.00214. The molecule has 0 spiro atoms. The molecule has 1 heterocycles. The average molecular weight is 338 g/mol. The fraction of sp³-hybridized carbons (Fsp3) is 0.500. The standard InChI is InChI=1S/C16H22N2O6/c1-5-22-9-13(20)23-8-11(3)18-16(21)14-15(24-12(4)19)10(2)6-7-17-14/h6-7,11H,5,8-9H2,1-4H3,(H,18,21). The van der Waals surface area contributed by atoms with Crippen LogP contribution in [0.15, 0.2) is 12.3 Å². The van der Waals surface area contributed by atoms with Crippen molar-refractivity contribution in [1.82, 2.24) is 10.3 Å². The van der Waals surface area contributed by atoms with E-state index in [0.29, 0.717) is 12.2 Å². The Morgan fingerprint density at radius 3 is 2.67 bits per heavy atom. The lowest BCUT2D eigenvalue weighted by molar-refractivity contribution is -0.149. The molecule has 1 unspecified atom stereocenters. The van der Waals surface area contributed by atoms with E-state index in [2.05, 4.69) is 10.3 Å². The Morgan fingerprint density at radius 1 is 1.33 bits per heavy atom. The summed E-state index contributed by atoms with van der Waals surface area (Å²) in [6, 6.07) is 1.18. The Morgan fingerprint density at radius 2 is 2.04 bits per heavy atom. The first-order valence-electron chi connectivity index (χ1n) is 7.53. The van der Waals surface area contributed by atoms with Crippen LogP contribution in [0, 0.1) is 6.92 Å². The number of aryl methyl sites for hydroxylation is 1. The van der Waals surface area contributed by atoms with Gasteiger partial charge < -0.3 is 19.5 Å². The van der Waals surface area contributed by atoms with Crippen LogP contribution in [-0.2, 0) is 19.1 Å². The molecular formula is C16H22N2O6. The summed E-state index contributed by atoms with van der Waals surface area (Å²) in [5, 5.41) is 2.64. The molecule has 1 aromatic rings. The van der Waals surface area contributed by atoms with E-state index in [1.165, 1.54) is 13.1 Å². The van der Waals surface area contributed by atoms with Crippen LogP contribution in [0.4, 0.5) is 0 Å². The molecule has 1 amide bonds. The Balaban J connectivity index is 2.66. The smallest absolute Gasteiger partial charge is 0.332 e. The number of nitrogens with one attached hydrogen (secondary N) is 1. The van der Waals surface area contributed by atoms with Crippen molar-refractivity contribution in [3.05, 3.63) is 23.5 Å². The molecule has 1 atom stereocenters. The maximum absolute atomic E-state index is 12.3. The Labute approximate surface area is 140 Å². The summed E-state index contributed by atoms with van der Waals surface area (Å²) in [5.74, 6) is -1.46. The second-order valence-electron chi connectivity index (χ2n) is 5.09. The summed E-state index contributed by atoms with van der Waals surface area (Å²) < 4.78 is 15.0. The van der Waals surface area contributed by atoms with Crippen LogP contribution < -0.4 is 10.1 Å². The molecule has 0 fully saturated rings. The van der Waals surface area contributed by atoms with Gasteiger partial charge >= 0.3 is 11.9 Å². The fourth-order valence-electron chi connectivity index (χ4n) is 1.76. The molecule has 8 nitrogen and oxygen atoms in total. The van der Waals surface area contributed by atoms with E-state index in [-0.39, 0.29) is 24.7 Å². The van der Waals surface area contributed by atoms with Crippen molar-refractivity contribution in [1.29, 1.82) is 0 Å². The van der Waals surface area contributed by atoms with Gasteiger partial charge in [-0.1, -0.05) is 0 Å². The Hall–Kier alpha value is -2.48. The van der Waals surface area contributed by atoms with Crippen LogP contribution >= 0.6 is 0 Å². The highest BCUT2D eigenvalue weighted by atomic mass is 16.6. The third-order valence-corrected chi connectivity index (χ3v) is 2.86.